The fourth-order valence-corrected chi connectivity index (χ4v) is 5.53. The molecule has 1 fully saturated rings. The Morgan fingerprint density at radius 2 is 1.72 bits per heavy atom. The molecule has 3 aliphatic rings. The Morgan fingerprint density at radius 1 is 1.12 bits per heavy atom. The number of carbonyl (C=O) groups is 3. The van der Waals surface area contributed by atoms with Crippen molar-refractivity contribution in [1.29, 1.82) is 0 Å². The summed E-state index contributed by atoms with van der Waals surface area (Å²) < 4.78 is 0. The summed E-state index contributed by atoms with van der Waals surface area (Å²) in [5.41, 5.74) is -0.672. The van der Waals surface area contributed by atoms with E-state index < -0.39 is 75.3 Å². The number of carbonyl (C=O) groups excluding carboxylic acids is 3. The number of amides is 1. The number of nitrogens with two attached hydrogens (primary N) is 1. The highest BCUT2D eigenvalue weighted by atomic mass is 16.4. The SMILES string of the molecule is CN(C)[C@@H]1C(=O)C(C(N)=O)=C(O)[C@]2(O)C(=O)C3=C(O)c4ccccc4[C@](C)(O)[C@@H]3[C@@H](O)[C@@H]12. The van der Waals surface area contributed by atoms with Crippen LogP contribution in [0.25, 0.3) is 5.76 Å². The maximum Gasteiger partial charge on any atom is 0.255 e. The third kappa shape index (κ3) is 2.46. The molecule has 0 aromatic heterocycles. The van der Waals surface area contributed by atoms with Crippen molar-refractivity contribution in [2.24, 2.45) is 17.6 Å². The average molecular weight is 444 g/mol. The predicted octanol–water partition coefficient (Wildman–Crippen LogP) is -1.11. The van der Waals surface area contributed by atoms with Crippen LogP contribution in [0.1, 0.15) is 18.1 Å². The van der Waals surface area contributed by atoms with Gasteiger partial charge in [-0.15, -0.1) is 0 Å². The number of aliphatic hydroxyl groups is 5. The first-order chi connectivity index (χ1) is 14.8. The molecular weight excluding hydrogens is 420 g/mol. The van der Waals surface area contributed by atoms with Crippen molar-refractivity contribution in [3.63, 3.8) is 0 Å². The summed E-state index contributed by atoms with van der Waals surface area (Å²) in [6, 6.07) is 4.72. The Hall–Kier alpha value is -3.05. The number of fused-ring (bicyclic) bond motifs is 3. The number of benzene rings is 1. The van der Waals surface area contributed by atoms with Gasteiger partial charge >= 0.3 is 0 Å². The fraction of sp³-hybridized carbons (Fsp3) is 0.409. The van der Waals surface area contributed by atoms with Gasteiger partial charge < -0.3 is 31.3 Å². The first-order valence-electron chi connectivity index (χ1n) is 9.94. The van der Waals surface area contributed by atoms with Gasteiger partial charge in [-0.2, -0.15) is 0 Å². The number of hydrogen-bond donors (Lipinski definition) is 6. The third-order valence-corrected chi connectivity index (χ3v) is 6.94. The molecule has 0 unspecified atom stereocenters. The number of rotatable bonds is 2. The van der Waals surface area contributed by atoms with Gasteiger partial charge in [0.2, 0.25) is 5.78 Å². The van der Waals surface area contributed by atoms with Gasteiger partial charge in [0.15, 0.2) is 11.4 Å². The van der Waals surface area contributed by atoms with Gasteiger partial charge in [0.25, 0.3) is 5.91 Å². The van der Waals surface area contributed by atoms with Gasteiger partial charge in [-0.1, -0.05) is 24.3 Å². The quantitative estimate of drug-likeness (QED) is 0.308. The van der Waals surface area contributed by atoms with Crippen LogP contribution in [0.2, 0.25) is 0 Å². The van der Waals surface area contributed by atoms with Crippen LogP contribution >= 0.6 is 0 Å². The molecule has 1 saturated carbocycles. The highest BCUT2D eigenvalue weighted by Crippen LogP contribution is 2.56. The summed E-state index contributed by atoms with van der Waals surface area (Å²) in [5, 5.41) is 56.0. The van der Waals surface area contributed by atoms with E-state index in [1.165, 1.54) is 38.1 Å². The Morgan fingerprint density at radius 3 is 2.28 bits per heavy atom. The minimum absolute atomic E-state index is 0.112. The van der Waals surface area contributed by atoms with Crippen molar-refractivity contribution in [2.45, 2.75) is 30.3 Å². The molecule has 0 radical (unpaired) electrons. The zero-order valence-corrected chi connectivity index (χ0v) is 17.6. The van der Waals surface area contributed by atoms with Crippen molar-refractivity contribution in [3.8, 4) is 0 Å². The molecule has 32 heavy (non-hydrogen) atoms. The van der Waals surface area contributed by atoms with Gasteiger partial charge in [-0.3, -0.25) is 19.3 Å². The number of ketones is 2. The van der Waals surface area contributed by atoms with Crippen LogP contribution in [-0.2, 0) is 20.0 Å². The van der Waals surface area contributed by atoms with Crippen LogP contribution in [0.5, 0.6) is 0 Å². The molecule has 0 spiro atoms. The highest BCUT2D eigenvalue weighted by molar-refractivity contribution is 6.24. The maximum absolute atomic E-state index is 13.7. The van der Waals surface area contributed by atoms with Gasteiger partial charge in [0.05, 0.1) is 35.2 Å². The first-order valence-corrected chi connectivity index (χ1v) is 9.94. The molecule has 1 aromatic rings. The van der Waals surface area contributed by atoms with E-state index in [0.717, 1.165) is 0 Å². The fourth-order valence-electron chi connectivity index (χ4n) is 5.53. The van der Waals surface area contributed by atoms with E-state index in [0.29, 0.717) is 0 Å². The number of hydrogen-bond acceptors (Lipinski definition) is 9. The van der Waals surface area contributed by atoms with Crippen molar-refractivity contribution < 1.29 is 39.9 Å². The van der Waals surface area contributed by atoms with Crippen molar-refractivity contribution in [2.75, 3.05) is 14.1 Å². The summed E-state index contributed by atoms with van der Waals surface area (Å²) in [6.07, 6.45) is -1.79. The lowest BCUT2D eigenvalue weighted by molar-refractivity contribution is -0.181. The molecule has 170 valence electrons. The molecule has 0 saturated heterocycles. The number of Topliss-reactive ketones (excluding diaryl/α,β-unsaturated/α-hetero) is 2. The molecule has 10 heteroatoms. The van der Waals surface area contributed by atoms with E-state index in [9.17, 15) is 39.9 Å². The molecule has 0 bridgehead atoms. The number of aliphatic hydroxyl groups excluding tert-OH is 3. The number of primary amides is 1. The van der Waals surface area contributed by atoms with E-state index in [1.54, 1.807) is 12.1 Å². The largest absolute Gasteiger partial charge is 0.508 e. The smallest absolute Gasteiger partial charge is 0.255 e. The Kier molecular flexibility index (Phi) is 4.65. The van der Waals surface area contributed by atoms with Crippen molar-refractivity contribution in [1.82, 2.24) is 4.90 Å². The number of nitrogens with zero attached hydrogens (tertiary/aromatic N) is 1. The average Bonchev–Trinajstić information content (AvgIpc) is 2.70. The lowest BCUT2D eigenvalue weighted by Gasteiger charge is -2.55. The summed E-state index contributed by atoms with van der Waals surface area (Å²) in [4.78, 5) is 39.9. The molecule has 6 atom stereocenters. The van der Waals surface area contributed by atoms with Crippen molar-refractivity contribution in [3.05, 3.63) is 52.3 Å². The van der Waals surface area contributed by atoms with Crippen LogP contribution in [-0.4, -0.2) is 79.7 Å². The molecular formula is C22H24N2O8. The molecule has 3 aliphatic carbocycles. The van der Waals surface area contributed by atoms with Crippen LogP contribution in [0.4, 0.5) is 0 Å². The second-order valence-corrected chi connectivity index (χ2v) is 8.91. The van der Waals surface area contributed by atoms with E-state index in [1.807, 2.05) is 0 Å². The molecule has 1 aromatic carbocycles. The Balaban J connectivity index is 2.09. The summed E-state index contributed by atoms with van der Waals surface area (Å²) in [7, 11) is 2.86. The standard InChI is InChI=1S/C22H24N2O8/c1-21(31)9-7-5-4-6-8(9)15(25)10-12(21)17(27)13-14(24(2)3)16(26)11(20(23)30)19(29)22(13,32)18(10)28/h4-7,12-14,17,25,27,29,31-32H,1-3H3,(H2,23,30)/t12-,13+,14-,17+,21-,22+/m0/s1. The van der Waals surface area contributed by atoms with Crippen LogP contribution in [0.15, 0.2) is 41.2 Å². The van der Waals surface area contributed by atoms with Gasteiger partial charge in [-0.05, 0) is 26.6 Å². The second kappa shape index (κ2) is 6.72. The predicted molar refractivity (Wildman–Crippen MR) is 110 cm³/mol. The zero-order chi connectivity index (χ0) is 23.9. The molecule has 10 nitrogen and oxygen atoms in total. The summed E-state index contributed by atoms with van der Waals surface area (Å²) >= 11 is 0. The summed E-state index contributed by atoms with van der Waals surface area (Å²) in [6.45, 7) is 1.35. The van der Waals surface area contributed by atoms with E-state index >= 15 is 0 Å². The topological polar surface area (TPSA) is 182 Å². The minimum atomic E-state index is -2.94. The van der Waals surface area contributed by atoms with Gasteiger partial charge in [0.1, 0.15) is 17.1 Å². The van der Waals surface area contributed by atoms with Crippen LogP contribution in [0, 0.1) is 11.8 Å². The van der Waals surface area contributed by atoms with E-state index in [-0.39, 0.29) is 11.1 Å². The van der Waals surface area contributed by atoms with E-state index in [2.05, 4.69) is 0 Å². The maximum atomic E-state index is 13.7. The second-order valence-electron chi connectivity index (χ2n) is 8.91. The Labute approximate surface area is 182 Å². The molecule has 1 amide bonds. The molecule has 0 heterocycles. The lowest BCUT2D eigenvalue weighted by atomic mass is 9.53. The third-order valence-electron chi connectivity index (χ3n) is 6.94. The molecule has 4 rings (SSSR count). The Bertz CT molecular complexity index is 1130. The van der Waals surface area contributed by atoms with Crippen LogP contribution in [0.3, 0.4) is 0 Å². The van der Waals surface area contributed by atoms with Crippen LogP contribution < -0.4 is 5.73 Å². The summed E-state index contributed by atoms with van der Waals surface area (Å²) in [5.74, 6) is -8.53. The first kappa shape index (κ1) is 22.2. The normalized spacial score (nSPS) is 36.7. The minimum Gasteiger partial charge on any atom is -0.508 e. The lowest BCUT2D eigenvalue weighted by Crippen LogP contribution is -2.71. The number of likely N-dealkylation sites (N-methyl/N-ethyl adjacent to an activating group) is 1. The van der Waals surface area contributed by atoms with Gasteiger partial charge in [-0.25, -0.2) is 0 Å². The monoisotopic (exact) mass is 444 g/mol. The zero-order valence-electron chi connectivity index (χ0n) is 17.6. The molecule has 0 aliphatic heterocycles. The highest BCUT2D eigenvalue weighted by Gasteiger charge is 2.69. The van der Waals surface area contributed by atoms with E-state index in [4.69, 9.17) is 5.73 Å². The van der Waals surface area contributed by atoms with Crippen molar-refractivity contribution >= 4 is 23.2 Å². The van der Waals surface area contributed by atoms with Gasteiger partial charge in [0, 0.05) is 5.56 Å². The molecule has 7 N–H and O–H groups in total.